The number of nitrogens with one attached hydrogen (secondary N) is 1. The molecule has 2 aromatic carbocycles. The van der Waals surface area contributed by atoms with Crippen molar-refractivity contribution in [3.8, 4) is 0 Å². The van der Waals surface area contributed by atoms with E-state index in [9.17, 15) is 13.2 Å². The van der Waals surface area contributed by atoms with Crippen LogP contribution < -0.4 is 5.32 Å². The Bertz CT molecular complexity index is 935. The number of hydrogen-bond donors (Lipinski definition) is 1. The van der Waals surface area contributed by atoms with Crippen LogP contribution >= 0.6 is 11.6 Å². The van der Waals surface area contributed by atoms with Gasteiger partial charge in [0.2, 0.25) is 15.9 Å². The summed E-state index contributed by atoms with van der Waals surface area (Å²) in [5, 5.41) is 3.60. The Balaban J connectivity index is 1.40. The van der Waals surface area contributed by atoms with Crippen LogP contribution in [0.4, 0.5) is 0 Å². The van der Waals surface area contributed by atoms with Crippen molar-refractivity contribution in [2.45, 2.75) is 38.4 Å². The molecule has 1 N–H and O–H groups in total. The molecule has 1 amide bonds. The van der Waals surface area contributed by atoms with Gasteiger partial charge < -0.3 is 5.32 Å². The first-order valence-corrected chi connectivity index (χ1v) is 12.4. The van der Waals surface area contributed by atoms with Gasteiger partial charge in [-0.15, -0.1) is 0 Å². The number of aryl methyl sites for hydroxylation is 2. The van der Waals surface area contributed by atoms with Gasteiger partial charge in [0.1, 0.15) is 0 Å². The summed E-state index contributed by atoms with van der Waals surface area (Å²) in [6.45, 7) is 3.48. The summed E-state index contributed by atoms with van der Waals surface area (Å²) in [6, 6.07) is 15.3. The molecule has 0 radical (unpaired) electrons. The molecule has 0 spiro atoms. The first-order chi connectivity index (χ1) is 14.3. The van der Waals surface area contributed by atoms with Gasteiger partial charge >= 0.3 is 0 Å². The third-order valence-electron chi connectivity index (χ3n) is 5.54. The predicted molar refractivity (Wildman–Crippen MR) is 121 cm³/mol. The monoisotopic (exact) mass is 448 g/mol. The fraction of sp³-hybridized carbons (Fsp3) is 0.435. The molecular formula is C23H29ClN2O3S. The lowest BCUT2D eigenvalue weighted by Crippen LogP contribution is -2.43. The number of benzene rings is 2. The van der Waals surface area contributed by atoms with Crippen molar-refractivity contribution in [3.63, 3.8) is 0 Å². The second-order valence-electron chi connectivity index (χ2n) is 7.94. The van der Waals surface area contributed by atoms with Crippen molar-refractivity contribution >= 4 is 27.5 Å². The third kappa shape index (κ3) is 6.56. The van der Waals surface area contributed by atoms with Crippen LogP contribution in [0.3, 0.4) is 0 Å². The molecule has 0 unspecified atom stereocenters. The molecule has 162 valence electrons. The topological polar surface area (TPSA) is 66.5 Å². The van der Waals surface area contributed by atoms with Crippen molar-refractivity contribution in [2.24, 2.45) is 5.92 Å². The van der Waals surface area contributed by atoms with Gasteiger partial charge in [0.15, 0.2) is 0 Å². The third-order valence-corrected chi connectivity index (χ3v) is 7.64. The standard InChI is InChI=1S/C23H29ClN2O3S/c1-18-4-6-19(7-5-18)3-2-14-25-23(27)21-12-15-26(16-13-21)30(28,29)17-20-8-10-22(24)11-9-20/h4-11,21H,2-3,12-17H2,1H3,(H,25,27). The maximum absolute atomic E-state index is 12.7. The quantitative estimate of drug-likeness (QED) is 0.622. The largest absolute Gasteiger partial charge is 0.356 e. The van der Waals surface area contributed by atoms with Crippen LogP contribution in [-0.4, -0.2) is 38.3 Å². The number of amides is 1. The van der Waals surface area contributed by atoms with E-state index in [1.165, 1.54) is 15.4 Å². The minimum Gasteiger partial charge on any atom is -0.356 e. The molecule has 0 aromatic heterocycles. The average Bonchev–Trinajstić information content (AvgIpc) is 2.74. The van der Waals surface area contributed by atoms with Gasteiger partial charge in [-0.1, -0.05) is 53.6 Å². The van der Waals surface area contributed by atoms with E-state index in [0.717, 1.165) is 12.8 Å². The van der Waals surface area contributed by atoms with E-state index >= 15 is 0 Å². The number of hydrogen-bond acceptors (Lipinski definition) is 3. The maximum atomic E-state index is 12.7. The fourth-order valence-corrected chi connectivity index (χ4v) is 5.37. The van der Waals surface area contributed by atoms with Crippen molar-refractivity contribution in [3.05, 3.63) is 70.2 Å². The molecule has 1 aliphatic heterocycles. The smallest absolute Gasteiger partial charge is 0.223 e. The zero-order valence-corrected chi connectivity index (χ0v) is 18.9. The highest BCUT2D eigenvalue weighted by Gasteiger charge is 2.31. The van der Waals surface area contributed by atoms with Gasteiger partial charge in [-0.2, -0.15) is 0 Å². The zero-order chi connectivity index (χ0) is 21.6. The molecule has 1 aliphatic rings. The molecule has 0 aliphatic carbocycles. The Labute approximate surface area is 184 Å². The second-order valence-corrected chi connectivity index (χ2v) is 10.3. The predicted octanol–water partition coefficient (Wildman–Crippen LogP) is 3.94. The number of sulfonamides is 1. The van der Waals surface area contributed by atoms with E-state index in [1.54, 1.807) is 24.3 Å². The summed E-state index contributed by atoms with van der Waals surface area (Å²) in [5.41, 5.74) is 3.23. The van der Waals surface area contributed by atoms with Crippen LogP contribution in [0.1, 0.15) is 36.0 Å². The Hall–Kier alpha value is -1.89. The van der Waals surface area contributed by atoms with Crippen LogP contribution in [0.15, 0.2) is 48.5 Å². The van der Waals surface area contributed by atoms with E-state index in [-0.39, 0.29) is 17.6 Å². The number of halogens is 1. The minimum absolute atomic E-state index is 0.0358. The molecule has 5 nitrogen and oxygen atoms in total. The summed E-state index contributed by atoms with van der Waals surface area (Å²) in [6.07, 6.45) is 2.94. The Morgan fingerprint density at radius 2 is 1.63 bits per heavy atom. The van der Waals surface area contributed by atoms with Crippen LogP contribution in [0.5, 0.6) is 0 Å². The van der Waals surface area contributed by atoms with E-state index in [0.29, 0.717) is 43.1 Å². The molecule has 7 heteroatoms. The Morgan fingerprint density at radius 3 is 2.27 bits per heavy atom. The van der Waals surface area contributed by atoms with Gasteiger partial charge in [0, 0.05) is 30.6 Å². The maximum Gasteiger partial charge on any atom is 0.223 e. The van der Waals surface area contributed by atoms with Gasteiger partial charge in [0.25, 0.3) is 0 Å². The molecule has 30 heavy (non-hydrogen) atoms. The highest BCUT2D eigenvalue weighted by molar-refractivity contribution is 7.88. The van der Waals surface area contributed by atoms with Crippen molar-refractivity contribution < 1.29 is 13.2 Å². The molecular weight excluding hydrogens is 420 g/mol. The first kappa shape index (κ1) is 22.8. The number of carbonyl (C=O) groups is 1. The lowest BCUT2D eigenvalue weighted by atomic mass is 9.97. The number of rotatable bonds is 8. The fourth-order valence-electron chi connectivity index (χ4n) is 3.68. The van der Waals surface area contributed by atoms with Crippen LogP contribution in [0.25, 0.3) is 0 Å². The molecule has 0 atom stereocenters. The van der Waals surface area contributed by atoms with E-state index in [2.05, 4.69) is 36.5 Å². The summed E-state index contributed by atoms with van der Waals surface area (Å²) < 4.78 is 26.9. The summed E-state index contributed by atoms with van der Waals surface area (Å²) in [7, 11) is -3.39. The second kappa shape index (κ2) is 10.4. The van der Waals surface area contributed by atoms with E-state index in [1.807, 2.05) is 0 Å². The molecule has 2 aromatic rings. The average molecular weight is 449 g/mol. The molecule has 3 rings (SSSR count). The number of carbonyl (C=O) groups excluding carboxylic acids is 1. The lowest BCUT2D eigenvalue weighted by molar-refractivity contribution is -0.126. The van der Waals surface area contributed by atoms with Crippen LogP contribution in [-0.2, 0) is 27.0 Å². The Kier molecular flexibility index (Phi) is 7.92. The minimum atomic E-state index is -3.39. The van der Waals surface area contributed by atoms with Crippen LogP contribution in [0.2, 0.25) is 5.02 Å². The molecule has 1 heterocycles. The molecule has 0 bridgehead atoms. The van der Waals surface area contributed by atoms with Gasteiger partial charge in [-0.3, -0.25) is 4.79 Å². The Morgan fingerprint density at radius 1 is 1.03 bits per heavy atom. The van der Waals surface area contributed by atoms with Gasteiger partial charge in [0.05, 0.1) is 5.75 Å². The highest BCUT2D eigenvalue weighted by atomic mass is 35.5. The summed E-state index contributed by atoms with van der Waals surface area (Å²) in [5.74, 6) is -0.125. The molecule has 0 saturated carbocycles. The number of piperidine rings is 1. The van der Waals surface area contributed by atoms with E-state index in [4.69, 9.17) is 11.6 Å². The van der Waals surface area contributed by atoms with Gasteiger partial charge in [-0.25, -0.2) is 12.7 Å². The SMILES string of the molecule is Cc1ccc(CCCNC(=O)C2CCN(S(=O)(=O)Cc3ccc(Cl)cc3)CC2)cc1. The van der Waals surface area contributed by atoms with Crippen LogP contribution in [0, 0.1) is 12.8 Å². The number of nitrogens with zero attached hydrogens (tertiary/aromatic N) is 1. The summed E-state index contributed by atoms with van der Waals surface area (Å²) >= 11 is 5.86. The summed E-state index contributed by atoms with van der Waals surface area (Å²) in [4.78, 5) is 12.4. The lowest BCUT2D eigenvalue weighted by Gasteiger charge is -2.30. The molecule has 1 fully saturated rings. The van der Waals surface area contributed by atoms with Gasteiger partial charge in [-0.05, 0) is 55.9 Å². The zero-order valence-electron chi connectivity index (χ0n) is 17.3. The highest BCUT2D eigenvalue weighted by Crippen LogP contribution is 2.22. The van der Waals surface area contributed by atoms with Crippen molar-refractivity contribution in [1.82, 2.24) is 9.62 Å². The first-order valence-electron chi connectivity index (χ1n) is 10.4. The van der Waals surface area contributed by atoms with Crippen molar-refractivity contribution in [2.75, 3.05) is 19.6 Å². The molecule has 1 saturated heterocycles. The normalized spacial score (nSPS) is 15.8. The van der Waals surface area contributed by atoms with E-state index < -0.39 is 10.0 Å². The van der Waals surface area contributed by atoms with Crippen molar-refractivity contribution in [1.29, 1.82) is 0 Å².